The van der Waals surface area contributed by atoms with Crippen molar-refractivity contribution in [1.29, 1.82) is 0 Å². The summed E-state index contributed by atoms with van der Waals surface area (Å²) in [7, 11) is -0.814. The maximum atomic E-state index is 13.9. The number of methoxy groups -OCH3 is 2. The first-order chi connectivity index (χ1) is 20.6. The predicted octanol–water partition coefficient (Wildman–Crippen LogP) is 6.11. The number of imide groups is 1. The highest BCUT2D eigenvalue weighted by molar-refractivity contribution is 8.04. The van der Waals surface area contributed by atoms with Crippen molar-refractivity contribution in [1.82, 2.24) is 0 Å². The van der Waals surface area contributed by atoms with Gasteiger partial charge in [-0.3, -0.25) is 14.3 Å². The van der Waals surface area contributed by atoms with E-state index in [-0.39, 0.29) is 15.5 Å². The van der Waals surface area contributed by atoms with Crippen LogP contribution in [-0.2, 0) is 19.6 Å². The van der Waals surface area contributed by atoms with E-state index in [0.29, 0.717) is 33.5 Å². The molecule has 9 nitrogen and oxygen atoms in total. The third-order valence-corrected chi connectivity index (χ3v) is 9.08. The molecule has 2 amide bonds. The van der Waals surface area contributed by atoms with Crippen molar-refractivity contribution < 1.29 is 27.5 Å². The van der Waals surface area contributed by atoms with Crippen LogP contribution in [0.5, 0.6) is 11.5 Å². The van der Waals surface area contributed by atoms with Gasteiger partial charge < -0.3 is 14.8 Å². The fraction of sp³-hybridized carbons (Fsp3) is 0.125. The number of hydrogen-bond donors (Lipinski definition) is 2. The van der Waals surface area contributed by atoms with Gasteiger partial charge in [0.05, 0.1) is 24.8 Å². The molecule has 4 aromatic rings. The van der Waals surface area contributed by atoms with Crippen molar-refractivity contribution in [2.75, 3.05) is 29.2 Å². The molecule has 43 heavy (non-hydrogen) atoms. The van der Waals surface area contributed by atoms with Gasteiger partial charge in [-0.05, 0) is 86.1 Å². The Morgan fingerprint density at radius 2 is 1.44 bits per heavy atom. The van der Waals surface area contributed by atoms with Gasteiger partial charge in [0.25, 0.3) is 21.8 Å². The lowest BCUT2D eigenvalue weighted by molar-refractivity contribution is -0.120. The third-order valence-electron chi connectivity index (χ3n) is 6.61. The SMILES string of the molecule is COc1ccc(NC2=C(Sc3cccc(NS(=O)(=O)c4ccc(C)cc4)c3)C(=O)N(c3cc(C)ccc3OC)C2=O)cc1. The monoisotopic (exact) mass is 615 g/mol. The predicted molar refractivity (Wildman–Crippen MR) is 168 cm³/mol. The smallest absolute Gasteiger partial charge is 0.283 e. The first-order valence-electron chi connectivity index (χ1n) is 13.2. The number of amides is 2. The molecule has 0 fully saturated rings. The number of carbonyl (C=O) groups is 2. The molecule has 0 saturated heterocycles. The van der Waals surface area contributed by atoms with E-state index in [1.165, 1.54) is 19.2 Å². The molecule has 11 heteroatoms. The van der Waals surface area contributed by atoms with E-state index < -0.39 is 21.8 Å². The second kappa shape index (κ2) is 12.2. The van der Waals surface area contributed by atoms with Crippen LogP contribution < -0.4 is 24.4 Å². The Kier molecular flexibility index (Phi) is 8.47. The van der Waals surface area contributed by atoms with Gasteiger partial charge in [0.15, 0.2) is 0 Å². The largest absolute Gasteiger partial charge is 0.497 e. The van der Waals surface area contributed by atoms with Gasteiger partial charge in [-0.25, -0.2) is 13.3 Å². The number of anilines is 3. The standard InChI is InChI=1S/C32H29N3O6S2/c1-20-8-15-26(16-9-20)43(38,39)34-23-6-5-7-25(19-23)42-30-29(33-22-11-13-24(40-3)14-12-22)31(36)35(32(30)37)27-18-21(2)10-17-28(27)41-4/h5-19,33-34H,1-4H3. The van der Waals surface area contributed by atoms with E-state index in [1.54, 1.807) is 79.9 Å². The zero-order valence-corrected chi connectivity index (χ0v) is 25.5. The van der Waals surface area contributed by atoms with Gasteiger partial charge in [-0.1, -0.05) is 41.6 Å². The number of nitrogens with one attached hydrogen (secondary N) is 2. The lowest BCUT2D eigenvalue weighted by Crippen LogP contribution is -2.32. The van der Waals surface area contributed by atoms with E-state index >= 15 is 0 Å². The van der Waals surface area contributed by atoms with Crippen LogP contribution >= 0.6 is 11.8 Å². The van der Waals surface area contributed by atoms with Crippen LogP contribution in [0.1, 0.15) is 11.1 Å². The molecule has 0 saturated carbocycles. The molecule has 1 aliphatic heterocycles. The number of hydrogen-bond acceptors (Lipinski definition) is 8. The van der Waals surface area contributed by atoms with Gasteiger partial charge in [-0.2, -0.15) is 0 Å². The van der Waals surface area contributed by atoms with Crippen molar-refractivity contribution in [3.63, 3.8) is 0 Å². The number of benzene rings is 4. The average Bonchev–Trinajstić information content (AvgIpc) is 3.21. The number of aryl methyl sites for hydroxylation is 2. The average molecular weight is 616 g/mol. The molecule has 5 rings (SSSR count). The Hall–Kier alpha value is -4.74. The Labute approximate surface area is 254 Å². The Balaban J connectivity index is 1.50. The molecule has 0 spiro atoms. The van der Waals surface area contributed by atoms with E-state index in [1.807, 2.05) is 19.9 Å². The summed E-state index contributed by atoms with van der Waals surface area (Å²) in [6.45, 7) is 3.74. The number of carbonyl (C=O) groups excluding carboxylic acids is 2. The molecular weight excluding hydrogens is 587 g/mol. The van der Waals surface area contributed by atoms with Gasteiger partial charge in [-0.15, -0.1) is 0 Å². The van der Waals surface area contributed by atoms with Gasteiger partial charge in [0.2, 0.25) is 0 Å². The van der Waals surface area contributed by atoms with Crippen LogP contribution in [0, 0.1) is 13.8 Å². The minimum Gasteiger partial charge on any atom is -0.497 e. The van der Waals surface area contributed by atoms with Crippen molar-refractivity contribution in [3.05, 3.63) is 113 Å². The molecule has 2 N–H and O–H groups in total. The van der Waals surface area contributed by atoms with Crippen molar-refractivity contribution >= 4 is 50.7 Å². The molecule has 0 aliphatic carbocycles. The highest BCUT2D eigenvalue weighted by Crippen LogP contribution is 2.41. The fourth-order valence-electron chi connectivity index (χ4n) is 4.40. The quantitative estimate of drug-likeness (QED) is 0.206. The molecule has 0 atom stereocenters. The van der Waals surface area contributed by atoms with Crippen molar-refractivity contribution in [3.8, 4) is 11.5 Å². The Bertz CT molecular complexity index is 1840. The van der Waals surface area contributed by atoms with E-state index in [0.717, 1.165) is 27.8 Å². The van der Waals surface area contributed by atoms with E-state index in [9.17, 15) is 18.0 Å². The summed E-state index contributed by atoms with van der Waals surface area (Å²) in [4.78, 5) is 29.7. The van der Waals surface area contributed by atoms with Crippen molar-refractivity contribution in [2.24, 2.45) is 0 Å². The van der Waals surface area contributed by atoms with Crippen LogP contribution in [0.15, 0.2) is 111 Å². The minimum atomic E-state index is -3.84. The summed E-state index contributed by atoms with van der Waals surface area (Å²) >= 11 is 1.06. The van der Waals surface area contributed by atoms with Crippen LogP contribution in [-0.4, -0.2) is 34.5 Å². The second-order valence-corrected chi connectivity index (χ2v) is 12.5. The zero-order valence-electron chi connectivity index (χ0n) is 23.9. The molecule has 220 valence electrons. The summed E-state index contributed by atoms with van der Waals surface area (Å²) in [5, 5.41) is 3.11. The maximum absolute atomic E-state index is 13.9. The highest BCUT2D eigenvalue weighted by Gasteiger charge is 2.41. The number of rotatable bonds is 10. The van der Waals surface area contributed by atoms with Crippen LogP contribution in [0.2, 0.25) is 0 Å². The fourth-order valence-corrected chi connectivity index (χ4v) is 6.44. The zero-order chi connectivity index (χ0) is 30.7. The molecule has 1 heterocycles. The normalized spacial score (nSPS) is 13.3. The van der Waals surface area contributed by atoms with Crippen LogP contribution in [0.4, 0.5) is 17.1 Å². The number of thioether (sulfide) groups is 1. The van der Waals surface area contributed by atoms with Crippen molar-refractivity contribution in [2.45, 2.75) is 23.6 Å². The second-order valence-electron chi connectivity index (χ2n) is 9.73. The van der Waals surface area contributed by atoms with Gasteiger partial charge in [0.1, 0.15) is 22.1 Å². The summed E-state index contributed by atoms with van der Waals surface area (Å²) < 4.78 is 39.3. The molecule has 4 aromatic carbocycles. The summed E-state index contributed by atoms with van der Waals surface area (Å²) in [5.41, 5.74) is 3.07. The molecule has 0 radical (unpaired) electrons. The molecular formula is C32H29N3O6S2. The van der Waals surface area contributed by atoms with E-state index in [2.05, 4.69) is 10.0 Å². The molecule has 0 aromatic heterocycles. The van der Waals surface area contributed by atoms with E-state index in [4.69, 9.17) is 9.47 Å². The summed E-state index contributed by atoms with van der Waals surface area (Å²) in [5.74, 6) is -0.0853. The first kappa shape index (κ1) is 29.7. The number of sulfonamides is 1. The summed E-state index contributed by atoms with van der Waals surface area (Å²) in [6, 6.07) is 25.4. The molecule has 0 unspecified atom stereocenters. The lowest BCUT2D eigenvalue weighted by Gasteiger charge is -2.19. The van der Waals surface area contributed by atoms with Crippen LogP contribution in [0.25, 0.3) is 0 Å². The molecule has 0 bridgehead atoms. The minimum absolute atomic E-state index is 0.0781. The Morgan fingerprint density at radius 3 is 2.12 bits per heavy atom. The Morgan fingerprint density at radius 1 is 0.744 bits per heavy atom. The third kappa shape index (κ3) is 6.37. The topological polar surface area (TPSA) is 114 Å². The first-order valence-corrected chi connectivity index (χ1v) is 15.5. The summed E-state index contributed by atoms with van der Waals surface area (Å²) in [6.07, 6.45) is 0. The van der Waals surface area contributed by atoms with Gasteiger partial charge in [0, 0.05) is 16.3 Å². The van der Waals surface area contributed by atoms with Gasteiger partial charge >= 0.3 is 0 Å². The maximum Gasteiger partial charge on any atom is 0.283 e. The number of ether oxygens (including phenoxy) is 2. The molecule has 1 aliphatic rings. The highest BCUT2D eigenvalue weighted by atomic mass is 32.2. The number of nitrogens with zero attached hydrogens (tertiary/aromatic N) is 1. The van der Waals surface area contributed by atoms with Crippen LogP contribution in [0.3, 0.4) is 0 Å². The lowest BCUT2D eigenvalue weighted by atomic mass is 10.2.